The first kappa shape index (κ1) is 9.59. The molecule has 0 aliphatic rings. The molecular formula is C7H13O3. The van der Waals surface area contributed by atoms with E-state index in [-0.39, 0.29) is 13.0 Å². The van der Waals surface area contributed by atoms with E-state index in [1.165, 1.54) is 0 Å². The third-order valence-electron chi connectivity index (χ3n) is 1.26. The van der Waals surface area contributed by atoms with Crippen LogP contribution in [-0.2, 0) is 4.79 Å². The highest BCUT2D eigenvalue weighted by atomic mass is 16.3. The van der Waals surface area contributed by atoms with Gasteiger partial charge >= 0.3 is 0 Å². The van der Waals surface area contributed by atoms with E-state index in [9.17, 15) is 4.79 Å². The normalized spacial score (nSPS) is 13.0. The summed E-state index contributed by atoms with van der Waals surface area (Å²) in [5.74, 6) is 0. The molecule has 1 atom stereocenters. The summed E-state index contributed by atoms with van der Waals surface area (Å²) < 4.78 is 0. The topological polar surface area (TPSA) is 57.5 Å². The Hall–Kier alpha value is -0.410. The number of aliphatic hydroxyl groups excluding tert-OH is 2. The van der Waals surface area contributed by atoms with Gasteiger partial charge < -0.3 is 10.2 Å². The Morgan fingerprint density at radius 2 is 2.10 bits per heavy atom. The molecule has 3 nitrogen and oxygen atoms in total. The van der Waals surface area contributed by atoms with Crippen LogP contribution >= 0.6 is 0 Å². The second-order valence-electron chi connectivity index (χ2n) is 2.22. The van der Waals surface area contributed by atoms with Gasteiger partial charge in [-0.15, -0.1) is 0 Å². The van der Waals surface area contributed by atoms with Crippen LogP contribution in [0, 0.1) is 0 Å². The summed E-state index contributed by atoms with van der Waals surface area (Å²) in [5.41, 5.74) is 0. The molecule has 59 valence electrons. The van der Waals surface area contributed by atoms with Crippen LogP contribution in [0.3, 0.4) is 0 Å². The Kier molecular flexibility index (Phi) is 6.43. The van der Waals surface area contributed by atoms with Crippen molar-refractivity contribution in [1.29, 1.82) is 0 Å². The zero-order valence-corrected chi connectivity index (χ0v) is 5.92. The maximum atomic E-state index is 9.71. The van der Waals surface area contributed by atoms with Gasteiger partial charge in [-0.2, -0.15) is 0 Å². The van der Waals surface area contributed by atoms with Crippen molar-refractivity contribution in [3.05, 3.63) is 0 Å². The SMILES string of the molecule is O=[C]CC(O)CCCCO. The number of unbranched alkanes of at least 4 members (excludes halogenated alkanes) is 1. The quantitative estimate of drug-likeness (QED) is 0.517. The van der Waals surface area contributed by atoms with Gasteiger partial charge in [-0.05, 0) is 19.3 Å². The smallest absolute Gasteiger partial charge is 0.201 e. The average molecular weight is 145 g/mol. The standard InChI is InChI=1S/C7H13O3/c8-5-2-1-3-7(10)4-6-9/h7-8,10H,1-5H2. The van der Waals surface area contributed by atoms with E-state index < -0.39 is 6.10 Å². The molecule has 0 bridgehead atoms. The van der Waals surface area contributed by atoms with Gasteiger partial charge in [0, 0.05) is 13.0 Å². The van der Waals surface area contributed by atoms with Crippen molar-refractivity contribution in [2.45, 2.75) is 31.8 Å². The van der Waals surface area contributed by atoms with Crippen molar-refractivity contribution in [2.75, 3.05) is 6.61 Å². The van der Waals surface area contributed by atoms with Gasteiger partial charge in [-0.3, -0.25) is 4.79 Å². The van der Waals surface area contributed by atoms with Gasteiger partial charge in [-0.25, -0.2) is 0 Å². The molecule has 0 amide bonds. The monoisotopic (exact) mass is 145 g/mol. The van der Waals surface area contributed by atoms with Crippen molar-refractivity contribution >= 4 is 6.29 Å². The number of carbonyl (C=O) groups excluding carboxylic acids is 1. The van der Waals surface area contributed by atoms with Crippen LogP contribution in [0.5, 0.6) is 0 Å². The first-order valence-electron chi connectivity index (χ1n) is 3.45. The molecule has 0 spiro atoms. The minimum atomic E-state index is -0.566. The molecule has 3 heteroatoms. The molecular weight excluding hydrogens is 132 g/mol. The minimum absolute atomic E-state index is 0.0887. The van der Waals surface area contributed by atoms with Gasteiger partial charge in [0.2, 0.25) is 6.29 Å². The van der Waals surface area contributed by atoms with Gasteiger partial charge in [0.15, 0.2) is 0 Å². The van der Waals surface area contributed by atoms with Crippen LogP contribution in [0.1, 0.15) is 25.7 Å². The maximum absolute atomic E-state index is 9.71. The highest BCUT2D eigenvalue weighted by molar-refractivity contribution is 5.51. The van der Waals surface area contributed by atoms with E-state index in [0.29, 0.717) is 12.8 Å². The fraction of sp³-hybridized carbons (Fsp3) is 0.857. The molecule has 0 aromatic heterocycles. The highest BCUT2D eigenvalue weighted by Crippen LogP contribution is 2.01. The molecule has 2 N–H and O–H groups in total. The van der Waals surface area contributed by atoms with Crippen LogP contribution in [0.25, 0.3) is 0 Å². The predicted molar refractivity (Wildman–Crippen MR) is 37.3 cm³/mol. The molecule has 0 rings (SSSR count). The largest absolute Gasteiger partial charge is 0.396 e. The molecule has 0 aliphatic carbocycles. The Labute approximate surface area is 60.7 Å². The second-order valence-corrected chi connectivity index (χ2v) is 2.22. The number of hydrogen-bond donors (Lipinski definition) is 2. The summed E-state index contributed by atoms with van der Waals surface area (Å²) in [6.45, 7) is 0.150. The lowest BCUT2D eigenvalue weighted by Gasteiger charge is -2.03. The van der Waals surface area contributed by atoms with Crippen molar-refractivity contribution in [3.8, 4) is 0 Å². The molecule has 0 aromatic carbocycles. The molecule has 0 aliphatic heterocycles. The molecule has 0 saturated carbocycles. The average Bonchev–Trinajstić information content (AvgIpc) is 1.89. The van der Waals surface area contributed by atoms with Gasteiger partial charge in [0.1, 0.15) is 0 Å². The van der Waals surface area contributed by atoms with E-state index in [0.717, 1.165) is 6.42 Å². The summed E-state index contributed by atoms with van der Waals surface area (Å²) in [4.78, 5) is 9.71. The summed E-state index contributed by atoms with van der Waals surface area (Å²) in [6, 6.07) is 0. The molecule has 0 fully saturated rings. The van der Waals surface area contributed by atoms with Crippen LogP contribution in [0.4, 0.5) is 0 Å². The number of rotatable bonds is 6. The van der Waals surface area contributed by atoms with Crippen molar-refractivity contribution in [2.24, 2.45) is 0 Å². The zero-order valence-electron chi connectivity index (χ0n) is 5.92. The van der Waals surface area contributed by atoms with Crippen LogP contribution in [0.2, 0.25) is 0 Å². The summed E-state index contributed by atoms with van der Waals surface area (Å²) >= 11 is 0. The third kappa shape index (κ3) is 5.72. The van der Waals surface area contributed by atoms with Gasteiger partial charge in [0.25, 0.3) is 0 Å². The van der Waals surface area contributed by atoms with E-state index in [4.69, 9.17) is 10.2 Å². The van der Waals surface area contributed by atoms with E-state index in [2.05, 4.69) is 0 Å². The molecule has 0 heterocycles. The van der Waals surface area contributed by atoms with Crippen LogP contribution in [0.15, 0.2) is 0 Å². The summed E-state index contributed by atoms with van der Waals surface area (Å²) in [7, 11) is 0. The van der Waals surface area contributed by atoms with Crippen molar-refractivity contribution in [1.82, 2.24) is 0 Å². The van der Waals surface area contributed by atoms with E-state index >= 15 is 0 Å². The lowest BCUT2D eigenvalue weighted by Crippen LogP contribution is -2.06. The van der Waals surface area contributed by atoms with Crippen molar-refractivity contribution in [3.63, 3.8) is 0 Å². The second kappa shape index (κ2) is 6.71. The number of hydrogen-bond acceptors (Lipinski definition) is 3. The third-order valence-corrected chi connectivity index (χ3v) is 1.26. The number of aliphatic hydroxyl groups is 2. The fourth-order valence-electron chi connectivity index (χ4n) is 0.690. The Morgan fingerprint density at radius 1 is 1.40 bits per heavy atom. The van der Waals surface area contributed by atoms with E-state index in [1.807, 2.05) is 0 Å². The lowest BCUT2D eigenvalue weighted by atomic mass is 10.1. The summed E-state index contributed by atoms with van der Waals surface area (Å²) in [6.07, 6.45) is 3.19. The Morgan fingerprint density at radius 3 is 2.60 bits per heavy atom. The summed E-state index contributed by atoms with van der Waals surface area (Å²) in [5, 5.41) is 17.3. The van der Waals surface area contributed by atoms with Crippen LogP contribution < -0.4 is 0 Å². The highest BCUT2D eigenvalue weighted by Gasteiger charge is 2.01. The van der Waals surface area contributed by atoms with E-state index in [1.54, 1.807) is 6.29 Å². The van der Waals surface area contributed by atoms with Gasteiger partial charge in [-0.1, -0.05) is 0 Å². The van der Waals surface area contributed by atoms with Crippen molar-refractivity contribution < 1.29 is 15.0 Å². The Bertz CT molecular complexity index is 82.9. The molecule has 0 aromatic rings. The first-order chi connectivity index (χ1) is 4.81. The molecule has 10 heavy (non-hydrogen) atoms. The zero-order chi connectivity index (χ0) is 7.82. The predicted octanol–water partition coefficient (Wildman–Crippen LogP) is 0.00970. The fourth-order valence-corrected chi connectivity index (χ4v) is 0.690. The molecule has 1 unspecified atom stereocenters. The lowest BCUT2D eigenvalue weighted by molar-refractivity contribution is 0.163. The Balaban J connectivity index is 3.04. The first-order valence-corrected chi connectivity index (χ1v) is 3.45. The van der Waals surface area contributed by atoms with Crippen LogP contribution in [-0.4, -0.2) is 29.2 Å². The van der Waals surface area contributed by atoms with Gasteiger partial charge in [0.05, 0.1) is 6.10 Å². The molecule has 0 saturated heterocycles. The maximum Gasteiger partial charge on any atom is 0.201 e. The minimum Gasteiger partial charge on any atom is -0.396 e. The molecule has 1 radical (unpaired) electrons.